The molecule has 1 aliphatic heterocycles. The number of likely N-dealkylation sites (tertiary alicyclic amines) is 1. The van der Waals surface area contributed by atoms with Crippen LogP contribution in [0.15, 0.2) is 11.2 Å². The summed E-state index contributed by atoms with van der Waals surface area (Å²) < 4.78 is 0. The molecule has 1 aromatic heterocycles. The Morgan fingerprint density at radius 1 is 1.45 bits per heavy atom. The molecule has 5 nitrogen and oxygen atoms in total. The number of aliphatic imine (C=N–C) groups is 1. The van der Waals surface area contributed by atoms with Crippen LogP contribution in [0, 0.1) is 6.92 Å². The molecule has 0 unspecified atom stereocenters. The van der Waals surface area contributed by atoms with Gasteiger partial charge in [-0.05, 0) is 33.6 Å². The van der Waals surface area contributed by atoms with Crippen LogP contribution in [-0.2, 0) is 6.42 Å². The number of guanidine groups is 1. The Bertz CT molecular complexity index is 475. The minimum Gasteiger partial charge on any atom is -0.356 e. The standard InChI is InChI=1S/C16H29N5S/c1-12(2)21-9-6-14(7-10-21)20-16(17-4)18-8-5-15-19-11-13(3)22-15/h11-12,14H,5-10H2,1-4H3,(H2,17,18,20). The molecule has 2 rings (SSSR count). The molecule has 2 heterocycles. The maximum absolute atomic E-state index is 4.39. The Kier molecular flexibility index (Phi) is 6.64. The van der Waals surface area contributed by atoms with Crippen molar-refractivity contribution < 1.29 is 0 Å². The first-order valence-electron chi connectivity index (χ1n) is 8.21. The quantitative estimate of drug-likeness (QED) is 0.643. The van der Waals surface area contributed by atoms with Crippen molar-refractivity contribution in [3.63, 3.8) is 0 Å². The third-order valence-corrected chi connectivity index (χ3v) is 5.10. The molecule has 6 heteroatoms. The summed E-state index contributed by atoms with van der Waals surface area (Å²) >= 11 is 1.77. The topological polar surface area (TPSA) is 52.6 Å². The average molecular weight is 324 g/mol. The Balaban J connectivity index is 1.69. The van der Waals surface area contributed by atoms with Crippen LogP contribution >= 0.6 is 11.3 Å². The highest BCUT2D eigenvalue weighted by atomic mass is 32.1. The van der Waals surface area contributed by atoms with Crippen LogP contribution in [0.3, 0.4) is 0 Å². The first-order chi connectivity index (χ1) is 10.6. The highest BCUT2D eigenvalue weighted by molar-refractivity contribution is 7.11. The summed E-state index contributed by atoms with van der Waals surface area (Å²) in [7, 11) is 1.84. The number of aryl methyl sites for hydroxylation is 1. The van der Waals surface area contributed by atoms with Crippen molar-refractivity contribution in [3.05, 3.63) is 16.1 Å². The number of rotatable bonds is 5. The van der Waals surface area contributed by atoms with Crippen LogP contribution in [0.5, 0.6) is 0 Å². The number of nitrogens with one attached hydrogen (secondary N) is 2. The van der Waals surface area contributed by atoms with Crippen molar-refractivity contribution in [3.8, 4) is 0 Å². The lowest BCUT2D eigenvalue weighted by Crippen LogP contribution is -2.50. The van der Waals surface area contributed by atoms with Crippen LogP contribution in [-0.4, -0.2) is 54.6 Å². The average Bonchev–Trinajstić information content (AvgIpc) is 2.92. The molecule has 1 fully saturated rings. The molecule has 124 valence electrons. The summed E-state index contributed by atoms with van der Waals surface area (Å²) in [5.74, 6) is 0.913. The van der Waals surface area contributed by atoms with E-state index in [1.165, 1.54) is 35.8 Å². The van der Waals surface area contributed by atoms with Gasteiger partial charge < -0.3 is 15.5 Å². The first kappa shape index (κ1) is 17.2. The van der Waals surface area contributed by atoms with E-state index in [1.54, 1.807) is 11.3 Å². The second-order valence-corrected chi connectivity index (χ2v) is 7.48. The number of piperidine rings is 1. The van der Waals surface area contributed by atoms with Crippen LogP contribution in [0.25, 0.3) is 0 Å². The number of nitrogens with zero attached hydrogens (tertiary/aromatic N) is 3. The molecular formula is C16H29N5S. The minimum absolute atomic E-state index is 0.531. The smallest absolute Gasteiger partial charge is 0.191 e. The lowest BCUT2D eigenvalue weighted by molar-refractivity contribution is 0.167. The number of hydrogen-bond donors (Lipinski definition) is 2. The molecular weight excluding hydrogens is 294 g/mol. The van der Waals surface area contributed by atoms with Gasteiger partial charge in [0.1, 0.15) is 0 Å². The van der Waals surface area contributed by atoms with E-state index in [4.69, 9.17) is 0 Å². The van der Waals surface area contributed by atoms with Crippen molar-refractivity contribution in [2.75, 3.05) is 26.7 Å². The predicted octanol–water partition coefficient (Wildman–Crippen LogP) is 2.03. The zero-order valence-corrected chi connectivity index (χ0v) is 15.0. The molecule has 1 aliphatic rings. The van der Waals surface area contributed by atoms with Gasteiger partial charge in [0.05, 0.1) is 5.01 Å². The van der Waals surface area contributed by atoms with Crippen molar-refractivity contribution in [1.82, 2.24) is 20.5 Å². The minimum atomic E-state index is 0.531. The fraction of sp³-hybridized carbons (Fsp3) is 0.750. The highest BCUT2D eigenvalue weighted by Gasteiger charge is 2.21. The summed E-state index contributed by atoms with van der Waals surface area (Å²) in [5.41, 5.74) is 0. The number of hydrogen-bond acceptors (Lipinski definition) is 4. The summed E-state index contributed by atoms with van der Waals surface area (Å²) in [6.07, 6.45) is 5.26. The van der Waals surface area contributed by atoms with E-state index in [9.17, 15) is 0 Å². The van der Waals surface area contributed by atoms with Crippen molar-refractivity contribution >= 4 is 17.3 Å². The van der Waals surface area contributed by atoms with Gasteiger partial charge in [0.25, 0.3) is 0 Å². The van der Waals surface area contributed by atoms with Crippen LogP contribution in [0.2, 0.25) is 0 Å². The molecule has 0 atom stereocenters. The van der Waals surface area contributed by atoms with Crippen molar-refractivity contribution in [1.29, 1.82) is 0 Å². The summed E-state index contributed by atoms with van der Waals surface area (Å²) in [4.78, 5) is 12.5. The van der Waals surface area contributed by atoms with Gasteiger partial charge >= 0.3 is 0 Å². The number of thiazole rings is 1. The van der Waals surface area contributed by atoms with Gasteiger partial charge in [-0.1, -0.05) is 0 Å². The molecule has 1 saturated heterocycles. The zero-order chi connectivity index (χ0) is 15.9. The third-order valence-electron chi connectivity index (χ3n) is 4.12. The van der Waals surface area contributed by atoms with E-state index in [-0.39, 0.29) is 0 Å². The molecule has 0 bridgehead atoms. The predicted molar refractivity (Wildman–Crippen MR) is 94.8 cm³/mol. The molecule has 2 N–H and O–H groups in total. The second-order valence-electron chi connectivity index (χ2n) is 6.16. The van der Waals surface area contributed by atoms with Gasteiger partial charge in [0, 0.05) is 56.3 Å². The summed E-state index contributed by atoms with van der Waals surface area (Å²) in [5, 5.41) is 8.14. The molecule has 0 amide bonds. The fourth-order valence-electron chi connectivity index (χ4n) is 2.75. The Morgan fingerprint density at radius 2 is 2.18 bits per heavy atom. The molecule has 0 saturated carbocycles. The Hall–Kier alpha value is -1.14. The van der Waals surface area contributed by atoms with Crippen molar-refractivity contribution in [2.45, 2.75) is 52.1 Å². The van der Waals surface area contributed by atoms with E-state index in [1.807, 2.05) is 13.2 Å². The largest absolute Gasteiger partial charge is 0.356 e. The third kappa shape index (κ3) is 5.25. The first-order valence-corrected chi connectivity index (χ1v) is 9.02. The monoisotopic (exact) mass is 323 g/mol. The van der Waals surface area contributed by atoms with Gasteiger partial charge in [-0.25, -0.2) is 4.98 Å². The van der Waals surface area contributed by atoms with E-state index in [2.05, 4.69) is 46.3 Å². The van der Waals surface area contributed by atoms with Crippen LogP contribution in [0.4, 0.5) is 0 Å². The van der Waals surface area contributed by atoms with Crippen LogP contribution in [0.1, 0.15) is 36.6 Å². The van der Waals surface area contributed by atoms with Crippen LogP contribution < -0.4 is 10.6 Å². The zero-order valence-electron chi connectivity index (χ0n) is 14.2. The molecule has 0 spiro atoms. The van der Waals surface area contributed by atoms with E-state index in [0.29, 0.717) is 12.1 Å². The number of aromatic nitrogens is 1. The molecule has 22 heavy (non-hydrogen) atoms. The maximum atomic E-state index is 4.39. The Morgan fingerprint density at radius 3 is 2.73 bits per heavy atom. The molecule has 0 aromatic carbocycles. The molecule has 1 aromatic rings. The van der Waals surface area contributed by atoms with E-state index >= 15 is 0 Å². The Labute approximate surface area is 138 Å². The van der Waals surface area contributed by atoms with Gasteiger partial charge in [0.2, 0.25) is 0 Å². The van der Waals surface area contributed by atoms with Gasteiger partial charge in [-0.3, -0.25) is 4.99 Å². The fourth-order valence-corrected chi connectivity index (χ4v) is 3.54. The normalized spacial score (nSPS) is 18.0. The van der Waals surface area contributed by atoms with E-state index in [0.717, 1.165) is 18.9 Å². The lowest BCUT2D eigenvalue weighted by Gasteiger charge is -2.35. The van der Waals surface area contributed by atoms with Gasteiger partial charge in [0.15, 0.2) is 5.96 Å². The second kappa shape index (κ2) is 8.48. The SMILES string of the molecule is CN=C(NCCc1ncc(C)s1)NC1CCN(C(C)C)CC1. The van der Waals surface area contributed by atoms with Crippen molar-refractivity contribution in [2.24, 2.45) is 4.99 Å². The lowest BCUT2D eigenvalue weighted by atomic mass is 10.0. The molecule has 0 aliphatic carbocycles. The van der Waals surface area contributed by atoms with E-state index < -0.39 is 0 Å². The molecule has 0 radical (unpaired) electrons. The summed E-state index contributed by atoms with van der Waals surface area (Å²) in [6.45, 7) is 9.86. The maximum Gasteiger partial charge on any atom is 0.191 e. The highest BCUT2D eigenvalue weighted by Crippen LogP contribution is 2.13. The van der Waals surface area contributed by atoms with Gasteiger partial charge in [-0.2, -0.15) is 0 Å². The summed E-state index contributed by atoms with van der Waals surface area (Å²) in [6, 6.07) is 1.18. The van der Waals surface area contributed by atoms with Gasteiger partial charge in [-0.15, -0.1) is 11.3 Å².